The van der Waals surface area contributed by atoms with Gasteiger partial charge in [-0.15, -0.1) is 0 Å². The highest BCUT2D eigenvalue weighted by Crippen LogP contribution is 2.37. The van der Waals surface area contributed by atoms with Gasteiger partial charge in [0.25, 0.3) is 5.91 Å². The third-order valence-corrected chi connectivity index (χ3v) is 7.17. The van der Waals surface area contributed by atoms with Crippen molar-refractivity contribution in [1.82, 2.24) is 10.3 Å². The maximum absolute atomic E-state index is 12.8. The maximum atomic E-state index is 12.8. The Bertz CT molecular complexity index is 1230. The summed E-state index contributed by atoms with van der Waals surface area (Å²) in [5, 5.41) is 4.47. The second-order valence-electron chi connectivity index (χ2n) is 9.28. The molecule has 0 radical (unpaired) electrons. The van der Waals surface area contributed by atoms with Crippen molar-refractivity contribution in [3.05, 3.63) is 102 Å². The molecule has 0 aliphatic heterocycles. The Balaban J connectivity index is 1.17. The standard InChI is InChI=1S/C30H30N2O/c1-21(32-30(33)26-17-15-24(16-18-26)23-7-3-2-4-8-23)22-11-13-25(14-12-22)28-19-27-9-5-6-10-29(27)31-20-28/h2-10,15-22,25H,11-14H2,1H3,(H,32,33)/t21-,22?,25?/m0/s1. The van der Waals surface area contributed by atoms with E-state index in [4.69, 9.17) is 0 Å². The van der Waals surface area contributed by atoms with Crippen LogP contribution in [0.2, 0.25) is 0 Å². The first-order valence-electron chi connectivity index (χ1n) is 12.0. The summed E-state index contributed by atoms with van der Waals surface area (Å²) in [4.78, 5) is 17.5. The first kappa shape index (κ1) is 21.4. The minimum atomic E-state index is 0.0166. The molecular formula is C30H30N2O. The normalized spacial score (nSPS) is 19.2. The lowest BCUT2D eigenvalue weighted by Crippen LogP contribution is -2.39. The number of benzene rings is 3. The molecule has 0 bridgehead atoms. The number of rotatable bonds is 5. The molecular weight excluding hydrogens is 404 g/mol. The average molecular weight is 435 g/mol. The third-order valence-electron chi connectivity index (χ3n) is 7.17. The molecule has 0 spiro atoms. The van der Waals surface area contributed by atoms with Crippen molar-refractivity contribution >= 4 is 16.8 Å². The number of pyridine rings is 1. The molecule has 1 atom stereocenters. The van der Waals surface area contributed by atoms with Crippen molar-refractivity contribution in [3.63, 3.8) is 0 Å². The zero-order valence-corrected chi connectivity index (χ0v) is 19.1. The largest absolute Gasteiger partial charge is 0.349 e. The van der Waals surface area contributed by atoms with Crippen LogP contribution in [0.1, 0.15) is 54.4 Å². The lowest BCUT2D eigenvalue weighted by molar-refractivity contribution is 0.0918. The van der Waals surface area contributed by atoms with Gasteiger partial charge in [-0.05, 0) is 85.4 Å². The van der Waals surface area contributed by atoms with Gasteiger partial charge in [0.05, 0.1) is 5.52 Å². The van der Waals surface area contributed by atoms with Gasteiger partial charge in [-0.3, -0.25) is 9.78 Å². The molecule has 0 unspecified atom stereocenters. The van der Waals surface area contributed by atoms with Crippen molar-refractivity contribution in [2.24, 2.45) is 5.92 Å². The fraction of sp³-hybridized carbons (Fsp3) is 0.267. The Hall–Kier alpha value is -3.46. The molecule has 1 amide bonds. The van der Waals surface area contributed by atoms with E-state index in [9.17, 15) is 4.79 Å². The number of carbonyl (C=O) groups is 1. The summed E-state index contributed by atoms with van der Waals surface area (Å²) in [6.45, 7) is 2.15. The van der Waals surface area contributed by atoms with Crippen LogP contribution in [-0.4, -0.2) is 16.9 Å². The molecule has 3 aromatic carbocycles. The van der Waals surface area contributed by atoms with Crippen LogP contribution in [0.15, 0.2) is 91.1 Å². The van der Waals surface area contributed by atoms with Crippen LogP contribution in [0.4, 0.5) is 0 Å². The topological polar surface area (TPSA) is 42.0 Å². The maximum Gasteiger partial charge on any atom is 0.251 e. The summed E-state index contributed by atoms with van der Waals surface area (Å²) in [5.74, 6) is 1.09. The van der Waals surface area contributed by atoms with Gasteiger partial charge in [-0.2, -0.15) is 0 Å². The van der Waals surface area contributed by atoms with E-state index in [1.54, 1.807) is 0 Å². The highest BCUT2D eigenvalue weighted by atomic mass is 16.1. The van der Waals surface area contributed by atoms with Crippen LogP contribution in [0.3, 0.4) is 0 Å². The smallest absolute Gasteiger partial charge is 0.251 e. The van der Waals surface area contributed by atoms with Crippen LogP contribution in [0.5, 0.6) is 0 Å². The average Bonchev–Trinajstić information content (AvgIpc) is 2.89. The van der Waals surface area contributed by atoms with Gasteiger partial charge in [-0.25, -0.2) is 0 Å². The number of para-hydroxylation sites is 1. The van der Waals surface area contributed by atoms with Crippen LogP contribution >= 0.6 is 0 Å². The van der Waals surface area contributed by atoms with Crippen LogP contribution < -0.4 is 5.32 Å². The Morgan fingerprint density at radius 3 is 2.27 bits per heavy atom. The number of hydrogen-bond donors (Lipinski definition) is 1. The minimum Gasteiger partial charge on any atom is -0.349 e. The van der Waals surface area contributed by atoms with E-state index in [2.05, 4.69) is 59.8 Å². The number of aromatic nitrogens is 1. The van der Waals surface area contributed by atoms with Crippen LogP contribution in [0.25, 0.3) is 22.0 Å². The van der Waals surface area contributed by atoms with Gasteiger partial charge in [0.15, 0.2) is 0 Å². The quantitative estimate of drug-likeness (QED) is 0.368. The molecule has 4 aromatic rings. The SMILES string of the molecule is C[C@H](NC(=O)c1ccc(-c2ccccc2)cc1)C1CCC(c2cnc3ccccc3c2)CC1. The number of nitrogens with one attached hydrogen (secondary N) is 1. The predicted octanol–water partition coefficient (Wildman–Crippen LogP) is 6.99. The van der Waals surface area contributed by atoms with Gasteiger partial charge >= 0.3 is 0 Å². The zero-order valence-electron chi connectivity index (χ0n) is 19.1. The second-order valence-corrected chi connectivity index (χ2v) is 9.28. The number of amides is 1. The molecule has 3 nitrogen and oxygen atoms in total. The lowest BCUT2D eigenvalue weighted by atomic mass is 9.76. The summed E-state index contributed by atoms with van der Waals surface area (Å²) in [6, 6.07) is 28.9. The van der Waals surface area contributed by atoms with Gasteiger partial charge in [-0.1, -0.05) is 60.7 Å². The molecule has 1 saturated carbocycles. The first-order chi connectivity index (χ1) is 16.2. The summed E-state index contributed by atoms with van der Waals surface area (Å²) in [7, 11) is 0. The molecule has 1 aliphatic rings. The molecule has 5 rings (SSSR count). The van der Waals surface area contributed by atoms with E-state index in [0.29, 0.717) is 11.8 Å². The highest BCUT2D eigenvalue weighted by Gasteiger charge is 2.27. The van der Waals surface area contributed by atoms with Crippen LogP contribution in [0, 0.1) is 5.92 Å². The third kappa shape index (κ3) is 4.83. The number of carbonyl (C=O) groups excluding carboxylic acids is 1. The van der Waals surface area contributed by atoms with Crippen molar-refractivity contribution in [1.29, 1.82) is 0 Å². The Labute approximate surface area is 195 Å². The molecule has 1 fully saturated rings. The van der Waals surface area contributed by atoms with Crippen molar-refractivity contribution in [2.45, 2.75) is 44.6 Å². The summed E-state index contributed by atoms with van der Waals surface area (Å²) in [5.41, 5.74) is 5.42. The molecule has 1 aromatic heterocycles. The van der Waals surface area contributed by atoms with E-state index in [-0.39, 0.29) is 11.9 Å². The van der Waals surface area contributed by atoms with Crippen molar-refractivity contribution in [2.75, 3.05) is 0 Å². The monoisotopic (exact) mass is 434 g/mol. The van der Waals surface area contributed by atoms with Gasteiger partial charge < -0.3 is 5.32 Å². The van der Waals surface area contributed by atoms with Gasteiger partial charge in [0.1, 0.15) is 0 Å². The number of fused-ring (bicyclic) bond motifs is 1. The van der Waals surface area contributed by atoms with E-state index in [1.165, 1.54) is 10.9 Å². The molecule has 0 saturated heterocycles. The predicted molar refractivity (Wildman–Crippen MR) is 135 cm³/mol. The van der Waals surface area contributed by atoms with Gasteiger partial charge in [0, 0.05) is 23.2 Å². The van der Waals surface area contributed by atoms with E-state index in [0.717, 1.165) is 47.9 Å². The number of hydrogen-bond acceptors (Lipinski definition) is 2. The second kappa shape index (κ2) is 9.58. The minimum absolute atomic E-state index is 0.0166. The lowest BCUT2D eigenvalue weighted by Gasteiger charge is -2.33. The van der Waals surface area contributed by atoms with Crippen LogP contribution in [-0.2, 0) is 0 Å². The Kier molecular flexibility index (Phi) is 6.21. The summed E-state index contributed by atoms with van der Waals surface area (Å²) >= 11 is 0. The Morgan fingerprint density at radius 1 is 0.848 bits per heavy atom. The first-order valence-corrected chi connectivity index (χ1v) is 12.0. The molecule has 1 aliphatic carbocycles. The Morgan fingerprint density at radius 2 is 1.52 bits per heavy atom. The van der Waals surface area contributed by atoms with E-state index in [1.807, 2.05) is 48.5 Å². The van der Waals surface area contributed by atoms with E-state index >= 15 is 0 Å². The molecule has 1 heterocycles. The number of nitrogens with zero attached hydrogens (tertiary/aromatic N) is 1. The summed E-state index contributed by atoms with van der Waals surface area (Å²) < 4.78 is 0. The van der Waals surface area contributed by atoms with E-state index < -0.39 is 0 Å². The molecule has 33 heavy (non-hydrogen) atoms. The molecule has 3 heteroatoms. The van der Waals surface area contributed by atoms with Crippen molar-refractivity contribution in [3.8, 4) is 11.1 Å². The fourth-order valence-electron chi connectivity index (χ4n) is 5.12. The summed E-state index contributed by atoms with van der Waals surface area (Å²) in [6.07, 6.45) is 6.61. The highest BCUT2D eigenvalue weighted by molar-refractivity contribution is 5.94. The van der Waals surface area contributed by atoms with Gasteiger partial charge in [0.2, 0.25) is 0 Å². The fourth-order valence-corrected chi connectivity index (χ4v) is 5.12. The molecule has 1 N–H and O–H groups in total. The van der Waals surface area contributed by atoms with Crippen molar-refractivity contribution < 1.29 is 4.79 Å². The molecule has 166 valence electrons. The zero-order chi connectivity index (χ0) is 22.6.